The third-order valence-electron chi connectivity index (χ3n) is 2.09. The fourth-order valence-electron chi connectivity index (χ4n) is 1.23. The SMILES string of the molecule is Cc1ccc(CNCCS(C)=O)c(Cl)c1. The van der Waals surface area contributed by atoms with Crippen LogP contribution in [0.4, 0.5) is 0 Å². The summed E-state index contributed by atoms with van der Waals surface area (Å²) < 4.78 is 10.8. The summed E-state index contributed by atoms with van der Waals surface area (Å²) in [7, 11) is -0.728. The highest BCUT2D eigenvalue weighted by Gasteiger charge is 1.99. The molecule has 0 radical (unpaired) electrons. The molecule has 0 spiro atoms. The molecule has 0 amide bonds. The molecular formula is C11H16ClNOS. The first-order valence-electron chi connectivity index (χ1n) is 4.85. The molecule has 15 heavy (non-hydrogen) atoms. The summed E-state index contributed by atoms with van der Waals surface area (Å²) in [5.41, 5.74) is 2.25. The molecule has 0 aliphatic rings. The van der Waals surface area contributed by atoms with E-state index in [-0.39, 0.29) is 0 Å². The second kappa shape index (κ2) is 6.26. The summed E-state index contributed by atoms with van der Waals surface area (Å²) in [6.45, 7) is 3.51. The van der Waals surface area contributed by atoms with Gasteiger partial charge in [-0.25, -0.2) is 0 Å². The van der Waals surface area contributed by atoms with Gasteiger partial charge in [-0.15, -0.1) is 0 Å². The number of hydrogen-bond acceptors (Lipinski definition) is 2. The van der Waals surface area contributed by atoms with E-state index in [0.717, 1.165) is 23.7 Å². The van der Waals surface area contributed by atoms with Gasteiger partial charge in [0.05, 0.1) is 0 Å². The normalized spacial score (nSPS) is 12.7. The highest BCUT2D eigenvalue weighted by molar-refractivity contribution is 7.84. The average molecular weight is 246 g/mol. The molecule has 0 saturated heterocycles. The van der Waals surface area contributed by atoms with E-state index in [1.165, 1.54) is 5.56 Å². The van der Waals surface area contributed by atoms with Crippen LogP contribution in [0.5, 0.6) is 0 Å². The summed E-state index contributed by atoms with van der Waals surface area (Å²) in [4.78, 5) is 0. The Kier molecular flexibility index (Phi) is 5.29. The molecule has 1 unspecified atom stereocenters. The molecule has 4 heteroatoms. The van der Waals surface area contributed by atoms with Crippen molar-refractivity contribution in [3.63, 3.8) is 0 Å². The predicted molar refractivity (Wildman–Crippen MR) is 66.8 cm³/mol. The lowest BCUT2D eigenvalue weighted by atomic mass is 10.1. The van der Waals surface area contributed by atoms with E-state index in [4.69, 9.17) is 11.6 Å². The van der Waals surface area contributed by atoms with Gasteiger partial charge in [0.2, 0.25) is 0 Å². The van der Waals surface area contributed by atoms with Crippen molar-refractivity contribution in [1.82, 2.24) is 5.32 Å². The minimum atomic E-state index is -0.728. The minimum absolute atomic E-state index is 0.684. The Hall–Kier alpha value is -0.380. The average Bonchev–Trinajstić information content (AvgIpc) is 2.14. The smallest absolute Gasteiger partial charge is 0.0453 e. The molecule has 1 rings (SSSR count). The molecule has 0 fully saturated rings. The first-order chi connectivity index (χ1) is 7.09. The maximum absolute atomic E-state index is 10.8. The molecule has 0 saturated carbocycles. The Morgan fingerprint density at radius 2 is 2.20 bits per heavy atom. The van der Waals surface area contributed by atoms with Crippen molar-refractivity contribution >= 4 is 22.4 Å². The Morgan fingerprint density at radius 1 is 1.47 bits per heavy atom. The molecule has 0 aromatic heterocycles. The molecule has 84 valence electrons. The van der Waals surface area contributed by atoms with E-state index in [9.17, 15) is 4.21 Å². The summed E-state index contributed by atoms with van der Waals surface area (Å²) in [6.07, 6.45) is 1.71. The summed E-state index contributed by atoms with van der Waals surface area (Å²) in [6, 6.07) is 6.02. The maximum atomic E-state index is 10.8. The Balaban J connectivity index is 2.40. The number of halogens is 1. The van der Waals surface area contributed by atoms with E-state index in [2.05, 4.69) is 5.32 Å². The van der Waals surface area contributed by atoms with Gasteiger partial charge in [0, 0.05) is 40.9 Å². The zero-order valence-electron chi connectivity index (χ0n) is 9.05. The maximum Gasteiger partial charge on any atom is 0.0453 e. The number of benzene rings is 1. The lowest BCUT2D eigenvalue weighted by Crippen LogP contribution is -2.19. The summed E-state index contributed by atoms with van der Waals surface area (Å²) in [5.74, 6) is 0.684. The highest BCUT2D eigenvalue weighted by Crippen LogP contribution is 2.16. The first-order valence-corrected chi connectivity index (χ1v) is 6.96. The van der Waals surface area contributed by atoms with Crippen LogP contribution in [0, 0.1) is 6.92 Å². The van der Waals surface area contributed by atoms with Gasteiger partial charge in [0.25, 0.3) is 0 Å². The fraction of sp³-hybridized carbons (Fsp3) is 0.455. The van der Waals surface area contributed by atoms with E-state index in [1.54, 1.807) is 6.26 Å². The largest absolute Gasteiger partial charge is 0.312 e. The minimum Gasteiger partial charge on any atom is -0.312 e. The Labute approximate surface area is 98.5 Å². The molecule has 1 aromatic carbocycles. The van der Waals surface area contributed by atoms with Gasteiger partial charge < -0.3 is 5.32 Å². The van der Waals surface area contributed by atoms with Gasteiger partial charge in [0.15, 0.2) is 0 Å². The topological polar surface area (TPSA) is 29.1 Å². The van der Waals surface area contributed by atoms with Gasteiger partial charge >= 0.3 is 0 Å². The molecule has 2 nitrogen and oxygen atoms in total. The molecule has 1 N–H and O–H groups in total. The van der Waals surface area contributed by atoms with E-state index >= 15 is 0 Å². The molecular weight excluding hydrogens is 230 g/mol. The fourth-order valence-corrected chi connectivity index (χ4v) is 1.97. The van der Waals surface area contributed by atoms with Crippen LogP contribution < -0.4 is 5.32 Å². The molecule has 0 bridgehead atoms. The zero-order chi connectivity index (χ0) is 11.3. The van der Waals surface area contributed by atoms with Crippen molar-refractivity contribution in [3.05, 3.63) is 34.3 Å². The number of rotatable bonds is 5. The third kappa shape index (κ3) is 4.78. The van der Waals surface area contributed by atoms with Gasteiger partial charge in [-0.3, -0.25) is 4.21 Å². The molecule has 0 aliphatic carbocycles. The number of hydrogen-bond donors (Lipinski definition) is 1. The quantitative estimate of drug-likeness (QED) is 0.806. The van der Waals surface area contributed by atoms with Crippen molar-refractivity contribution < 1.29 is 4.21 Å². The lowest BCUT2D eigenvalue weighted by Gasteiger charge is -2.06. The van der Waals surface area contributed by atoms with Gasteiger partial charge in [-0.2, -0.15) is 0 Å². The molecule has 1 atom stereocenters. The number of nitrogens with one attached hydrogen (secondary N) is 1. The lowest BCUT2D eigenvalue weighted by molar-refractivity contribution is 0.676. The van der Waals surface area contributed by atoms with Crippen molar-refractivity contribution in [2.75, 3.05) is 18.6 Å². The first kappa shape index (κ1) is 12.7. The number of aryl methyl sites for hydroxylation is 1. The third-order valence-corrected chi connectivity index (χ3v) is 3.22. The van der Waals surface area contributed by atoms with Gasteiger partial charge in [-0.05, 0) is 24.1 Å². The zero-order valence-corrected chi connectivity index (χ0v) is 10.6. The van der Waals surface area contributed by atoms with Crippen molar-refractivity contribution in [2.24, 2.45) is 0 Å². The summed E-state index contributed by atoms with van der Waals surface area (Å²) >= 11 is 6.07. The van der Waals surface area contributed by atoms with Crippen LogP contribution >= 0.6 is 11.6 Å². The van der Waals surface area contributed by atoms with E-state index in [1.807, 2.05) is 25.1 Å². The second-order valence-corrected chi connectivity index (χ2v) is 5.51. The molecule has 0 heterocycles. The van der Waals surface area contributed by atoms with Crippen molar-refractivity contribution in [1.29, 1.82) is 0 Å². The van der Waals surface area contributed by atoms with Crippen LogP contribution in [0.1, 0.15) is 11.1 Å². The van der Waals surface area contributed by atoms with Crippen molar-refractivity contribution in [3.8, 4) is 0 Å². The van der Waals surface area contributed by atoms with Crippen molar-refractivity contribution in [2.45, 2.75) is 13.5 Å². The molecule has 0 aliphatic heterocycles. The van der Waals surface area contributed by atoms with Gasteiger partial charge in [0.1, 0.15) is 0 Å². The van der Waals surface area contributed by atoms with Crippen LogP contribution in [0.25, 0.3) is 0 Å². The van der Waals surface area contributed by atoms with Crippen LogP contribution in [-0.4, -0.2) is 22.8 Å². The predicted octanol–water partition coefficient (Wildman–Crippen LogP) is 2.12. The monoisotopic (exact) mass is 245 g/mol. The molecule has 1 aromatic rings. The standard InChI is InChI=1S/C11H16ClNOS/c1-9-3-4-10(11(12)7-9)8-13-5-6-15(2)14/h3-4,7,13H,5-6,8H2,1-2H3. The second-order valence-electron chi connectivity index (χ2n) is 3.55. The van der Waals surface area contributed by atoms with Crippen LogP contribution in [0.2, 0.25) is 5.02 Å². The highest BCUT2D eigenvalue weighted by atomic mass is 35.5. The van der Waals surface area contributed by atoms with E-state index in [0.29, 0.717) is 5.75 Å². The van der Waals surface area contributed by atoms with Gasteiger partial charge in [-0.1, -0.05) is 23.7 Å². The van der Waals surface area contributed by atoms with Crippen LogP contribution in [0.3, 0.4) is 0 Å². The Bertz CT molecular complexity index is 354. The summed E-state index contributed by atoms with van der Waals surface area (Å²) in [5, 5.41) is 4.01. The van der Waals surface area contributed by atoms with E-state index < -0.39 is 10.8 Å². The van der Waals surface area contributed by atoms with Crippen LogP contribution in [0.15, 0.2) is 18.2 Å². The van der Waals surface area contributed by atoms with Crippen LogP contribution in [-0.2, 0) is 17.3 Å². The Morgan fingerprint density at radius 3 is 2.80 bits per heavy atom.